The van der Waals surface area contributed by atoms with Gasteiger partial charge in [-0.15, -0.1) is 6.58 Å². The van der Waals surface area contributed by atoms with Crippen molar-refractivity contribution in [1.29, 1.82) is 0 Å². The molecule has 214 valence electrons. The first-order chi connectivity index (χ1) is 18.6. The molecule has 0 saturated heterocycles. The summed E-state index contributed by atoms with van der Waals surface area (Å²) >= 11 is 0. The predicted octanol–water partition coefficient (Wildman–Crippen LogP) is 4.73. The standard InChI is InChI=1S/C25H28F3N7O5/c1-6-7-14(2)35-11-16(19(33-35)20(29)36)31-21(37)17-12-39-22(32-17)15-8-9-30-18(10-15)34(13-25(26,27)28)23(38)40-24(3,4)5/h6,8-12,14H,1,7,13H2,2-5H3,(H2,29,36)(H,31,37). The summed E-state index contributed by atoms with van der Waals surface area (Å²) in [6.45, 7) is 8.37. The molecule has 3 heterocycles. The fraction of sp³-hybridized carbons (Fsp3) is 0.360. The van der Waals surface area contributed by atoms with E-state index in [1.165, 1.54) is 37.7 Å². The third-order valence-electron chi connectivity index (χ3n) is 5.13. The van der Waals surface area contributed by atoms with Crippen LogP contribution in [-0.4, -0.2) is 56.0 Å². The molecule has 1 unspecified atom stereocenters. The van der Waals surface area contributed by atoms with E-state index in [-0.39, 0.29) is 40.4 Å². The number of hydrogen-bond acceptors (Lipinski definition) is 8. The van der Waals surface area contributed by atoms with E-state index in [1.807, 2.05) is 6.92 Å². The first kappa shape index (κ1) is 29.9. The number of primary amides is 1. The zero-order chi connectivity index (χ0) is 29.8. The van der Waals surface area contributed by atoms with Gasteiger partial charge in [-0.05, 0) is 46.2 Å². The lowest BCUT2D eigenvalue weighted by Gasteiger charge is -2.27. The number of nitrogens with one attached hydrogen (secondary N) is 1. The molecule has 0 bridgehead atoms. The van der Waals surface area contributed by atoms with Crippen LogP contribution in [0.25, 0.3) is 11.5 Å². The van der Waals surface area contributed by atoms with E-state index >= 15 is 0 Å². The molecule has 3 aromatic rings. The van der Waals surface area contributed by atoms with Gasteiger partial charge in [0.05, 0.1) is 11.7 Å². The average molecular weight is 564 g/mol. The SMILES string of the molecule is C=CCC(C)n1cc(NC(=O)c2coc(-c3ccnc(N(CC(F)(F)F)C(=O)OC(C)(C)C)c3)n2)c(C(N)=O)n1. The second-order valence-electron chi connectivity index (χ2n) is 9.69. The maximum absolute atomic E-state index is 13.2. The molecule has 0 aliphatic rings. The Hall–Kier alpha value is -4.69. The summed E-state index contributed by atoms with van der Waals surface area (Å²) in [6, 6.07) is 2.34. The van der Waals surface area contributed by atoms with Crippen molar-refractivity contribution in [3.05, 3.63) is 54.8 Å². The van der Waals surface area contributed by atoms with Gasteiger partial charge in [-0.2, -0.15) is 18.3 Å². The molecule has 0 spiro atoms. The Balaban J connectivity index is 1.87. The molecular formula is C25H28F3N7O5. The van der Waals surface area contributed by atoms with Gasteiger partial charge in [-0.1, -0.05) is 6.08 Å². The molecule has 0 aliphatic heterocycles. The summed E-state index contributed by atoms with van der Waals surface area (Å²) in [5.41, 5.74) is 4.13. The number of amides is 3. The molecule has 1 atom stereocenters. The highest BCUT2D eigenvalue weighted by Crippen LogP contribution is 2.27. The topological polar surface area (TPSA) is 158 Å². The van der Waals surface area contributed by atoms with Crippen molar-refractivity contribution in [2.45, 2.75) is 51.9 Å². The summed E-state index contributed by atoms with van der Waals surface area (Å²) in [6.07, 6.45) is -0.178. The van der Waals surface area contributed by atoms with Gasteiger partial charge < -0.3 is 20.2 Å². The van der Waals surface area contributed by atoms with Crippen molar-refractivity contribution in [2.75, 3.05) is 16.8 Å². The van der Waals surface area contributed by atoms with Crippen molar-refractivity contribution >= 4 is 29.4 Å². The highest BCUT2D eigenvalue weighted by Gasteiger charge is 2.36. The van der Waals surface area contributed by atoms with E-state index in [4.69, 9.17) is 14.9 Å². The smallest absolute Gasteiger partial charge is 0.416 e. The van der Waals surface area contributed by atoms with Crippen molar-refractivity contribution in [1.82, 2.24) is 19.7 Å². The van der Waals surface area contributed by atoms with E-state index in [2.05, 4.69) is 27.0 Å². The highest BCUT2D eigenvalue weighted by atomic mass is 19.4. The Kier molecular flexibility index (Phi) is 8.65. The van der Waals surface area contributed by atoms with Crippen LogP contribution in [0.4, 0.5) is 29.5 Å². The van der Waals surface area contributed by atoms with Gasteiger partial charge >= 0.3 is 12.3 Å². The van der Waals surface area contributed by atoms with Gasteiger partial charge in [0.1, 0.15) is 24.2 Å². The number of ether oxygens (including phenoxy) is 1. The fourth-order valence-corrected chi connectivity index (χ4v) is 3.37. The minimum atomic E-state index is -4.75. The molecule has 3 aromatic heterocycles. The molecule has 12 nitrogen and oxygen atoms in total. The number of alkyl halides is 3. The summed E-state index contributed by atoms with van der Waals surface area (Å²) < 4.78 is 51.7. The predicted molar refractivity (Wildman–Crippen MR) is 138 cm³/mol. The van der Waals surface area contributed by atoms with Crippen LogP contribution >= 0.6 is 0 Å². The number of carbonyl (C=O) groups excluding carboxylic acids is 3. The van der Waals surface area contributed by atoms with Crippen LogP contribution < -0.4 is 16.0 Å². The zero-order valence-electron chi connectivity index (χ0n) is 22.2. The molecule has 3 rings (SSSR count). The molecule has 0 fully saturated rings. The second kappa shape index (κ2) is 11.6. The van der Waals surface area contributed by atoms with Crippen LogP contribution in [0.1, 0.15) is 61.1 Å². The Bertz CT molecular complexity index is 1410. The highest BCUT2D eigenvalue weighted by molar-refractivity contribution is 6.07. The largest absolute Gasteiger partial charge is 0.444 e. The number of oxazole rings is 1. The fourth-order valence-electron chi connectivity index (χ4n) is 3.37. The van der Waals surface area contributed by atoms with Gasteiger partial charge in [-0.3, -0.25) is 19.2 Å². The molecule has 0 radical (unpaired) electrons. The molecule has 40 heavy (non-hydrogen) atoms. The Labute approximate surface area is 227 Å². The Morgan fingerprint density at radius 2 is 2.00 bits per heavy atom. The Morgan fingerprint density at radius 1 is 1.30 bits per heavy atom. The summed E-state index contributed by atoms with van der Waals surface area (Å²) in [5.74, 6) is -2.15. The van der Waals surface area contributed by atoms with Gasteiger partial charge in [0.15, 0.2) is 11.4 Å². The number of rotatable bonds is 9. The molecule has 3 amide bonds. The van der Waals surface area contributed by atoms with Crippen LogP contribution in [-0.2, 0) is 4.74 Å². The minimum absolute atomic E-state index is 0.0457. The molecule has 15 heteroatoms. The number of carbonyl (C=O) groups is 3. The van der Waals surface area contributed by atoms with Crippen molar-refractivity contribution in [3.8, 4) is 11.5 Å². The average Bonchev–Trinajstić information content (AvgIpc) is 3.49. The molecule has 3 N–H and O–H groups in total. The number of nitrogens with two attached hydrogens (primary N) is 1. The van der Waals surface area contributed by atoms with Crippen LogP contribution in [0.15, 0.2) is 47.9 Å². The first-order valence-corrected chi connectivity index (χ1v) is 11.9. The summed E-state index contributed by atoms with van der Waals surface area (Å²) in [7, 11) is 0. The van der Waals surface area contributed by atoms with Gasteiger partial charge in [0.25, 0.3) is 11.8 Å². The Morgan fingerprint density at radius 3 is 2.60 bits per heavy atom. The third kappa shape index (κ3) is 7.68. The quantitative estimate of drug-likeness (QED) is 0.354. The summed E-state index contributed by atoms with van der Waals surface area (Å²) in [4.78, 5) is 45.5. The van der Waals surface area contributed by atoms with Crippen molar-refractivity contribution in [3.63, 3.8) is 0 Å². The van der Waals surface area contributed by atoms with Gasteiger partial charge in [-0.25, -0.2) is 14.8 Å². The number of halogens is 3. The molecule has 0 aliphatic carbocycles. The van der Waals surface area contributed by atoms with E-state index in [0.717, 1.165) is 18.5 Å². The van der Waals surface area contributed by atoms with Crippen LogP contribution in [0.5, 0.6) is 0 Å². The van der Waals surface area contributed by atoms with E-state index in [9.17, 15) is 27.6 Å². The van der Waals surface area contributed by atoms with Crippen molar-refractivity contribution in [2.24, 2.45) is 5.73 Å². The number of aromatic nitrogens is 4. The molecule has 0 aromatic carbocycles. The molecular weight excluding hydrogens is 535 g/mol. The lowest BCUT2D eigenvalue weighted by Crippen LogP contribution is -2.42. The zero-order valence-corrected chi connectivity index (χ0v) is 22.2. The third-order valence-corrected chi connectivity index (χ3v) is 5.13. The van der Waals surface area contributed by atoms with Crippen molar-refractivity contribution < 1.29 is 36.7 Å². The number of hydrogen-bond donors (Lipinski definition) is 2. The van der Waals surface area contributed by atoms with E-state index < -0.39 is 36.2 Å². The van der Waals surface area contributed by atoms with Gasteiger partial charge in [0, 0.05) is 18.0 Å². The summed E-state index contributed by atoms with van der Waals surface area (Å²) in [5, 5.41) is 6.63. The minimum Gasteiger partial charge on any atom is -0.444 e. The van der Waals surface area contributed by atoms with Crippen LogP contribution in [0.3, 0.4) is 0 Å². The normalized spacial score (nSPS) is 12.5. The lowest BCUT2D eigenvalue weighted by molar-refractivity contribution is -0.119. The van der Waals surface area contributed by atoms with Gasteiger partial charge in [0.2, 0.25) is 5.89 Å². The lowest BCUT2D eigenvalue weighted by atomic mass is 10.2. The number of anilines is 2. The first-order valence-electron chi connectivity index (χ1n) is 11.9. The second-order valence-corrected chi connectivity index (χ2v) is 9.69. The maximum Gasteiger partial charge on any atom is 0.416 e. The number of pyridine rings is 1. The molecule has 0 saturated carbocycles. The van der Waals surface area contributed by atoms with E-state index in [1.54, 1.807) is 6.08 Å². The van der Waals surface area contributed by atoms with Crippen LogP contribution in [0.2, 0.25) is 0 Å². The number of allylic oxidation sites excluding steroid dienone is 1. The maximum atomic E-state index is 13.2. The number of nitrogens with zero attached hydrogens (tertiary/aromatic N) is 5. The van der Waals surface area contributed by atoms with E-state index in [0.29, 0.717) is 11.3 Å². The van der Waals surface area contributed by atoms with Crippen LogP contribution in [0, 0.1) is 0 Å². The monoisotopic (exact) mass is 563 g/mol.